The van der Waals surface area contributed by atoms with Crippen LogP contribution in [0.1, 0.15) is 20.8 Å². The van der Waals surface area contributed by atoms with Crippen molar-refractivity contribution in [1.29, 1.82) is 0 Å². The summed E-state index contributed by atoms with van der Waals surface area (Å²) in [6, 6.07) is 6.75. The molecule has 2 aromatic carbocycles. The molecule has 35 heavy (non-hydrogen) atoms. The predicted molar refractivity (Wildman–Crippen MR) is 129 cm³/mol. The molecule has 8 nitrogen and oxygen atoms in total. The second-order valence-corrected chi connectivity index (χ2v) is 11.2. The summed E-state index contributed by atoms with van der Waals surface area (Å²) in [5.74, 6) is -2.51. The van der Waals surface area contributed by atoms with Crippen LogP contribution in [0, 0.1) is 17.5 Å². The first-order valence-electron chi connectivity index (χ1n) is 11.2. The molecule has 2 aliphatic rings. The highest BCUT2D eigenvalue weighted by atomic mass is 32.3. The number of fused-ring (bicyclic) bond motifs is 1. The number of carbonyl (C=O) groups is 1. The van der Waals surface area contributed by atoms with Gasteiger partial charge in [0.15, 0.2) is 5.82 Å². The Morgan fingerprint density at radius 1 is 0.971 bits per heavy atom. The zero-order valence-corrected chi connectivity index (χ0v) is 20.6. The first-order chi connectivity index (χ1) is 16.4. The van der Waals surface area contributed by atoms with E-state index in [0.717, 1.165) is 20.7 Å². The fraction of sp³-hybridized carbons (Fsp3) is 0.435. The minimum atomic E-state index is -3.89. The molecular weight excluding hydrogens is 485 g/mol. The molecule has 1 amide bonds. The Bertz CT molecular complexity index is 1110. The lowest BCUT2D eigenvalue weighted by Crippen LogP contribution is -2.51. The van der Waals surface area contributed by atoms with Gasteiger partial charge in [-0.2, -0.15) is 0 Å². The van der Waals surface area contributed by atoms with Gasteiger partial charge in [-0.15, -0.1) is 0 Å². The fourth-order valence-corrected chi connectivity index (χ4v) is 5.90. The van der Waals surface area contributed by atoms with Crippen molar-refractivity contribution in [3.8, 4) is 0 Å². The number of hydrogen-bond donors (Lipinski definition) is 2. The molecule has 0 unspecified atom stereocenters. The van der Waals surface area contributed by atoms with Crippen molar-refractivity contribution < 1.29 is 31.8 Å². The van der Waals surface area contributed by atoms with E-state index in [2.05, 4.69) is 0 Å². The van der Waals surface area contributed by atoms with E-state index in [1.54, 1.807) is 25.7 Å². The summed E-state index contributed by atoms with van der Waals surface area (Å²) in [5.41, 5.74) is -0.855. The van der Waals surface area contributed by atoms with Crippen molar-refractivity contribution in [3.05, 3.63) is 53.8 Å². The van der Waals surface area contributed by atoms with Crippen molar-refractivity contribution in [2.75, 3.05) is 47.9 Å². The lowest BCUT2D eigenvalue weighted by molar-refractivity contribution is 0.0148. The smallest absolute Gasteiger partial charge is 0.410 e. The number of hydrogen-bond acceptors (Lipinski definition) is 7. The molecule has 2 aliphatic heterocycles. The maximum absolute atomic E-state index is 14.9. The van der Waals surface area contributed by atoms with Crippen LogP contribution in [-0.4, -0.2) is 69.9 Å². The number of piperazine rings is 1. The molecule has 4 rings (SSSR count). The lowest BCUT2D eigenvalue weighted by Gasteiger charge is -2.44. The van der Waals surface area contributed by atoms with Crippen LogP contribution in [0.15, 0.2) is 36.4 Å². The molecule has 1 saturated heterocycles. The second kappa shape index (κ2) is 9.41. The number of carbonyl (C=O) groups excluding carboxylic acids is 1. The van der Waals surface area contributed by atoms with E-state index in [0.29, 0.717) is 38.8 Å². The topological polar surface area (TPSA) is 79.7 Å². The van der Waals surface area contributed by atoms with Gasteiger partial charge in [-0.3, -0.25) is 14.0 Å². The molecule has 2 aromatic rings. The summed E-state index contributed by atoms with van der Waals surface area (Å²) >= 11 is 0. The number of para-hydroxylation sites is 1. The molecular formula is C23H29F3N4O4S. The molecule has 0 aliphatic carbocycles. The van der Waals surface area contributed by atoms with E-state index in [1.807, 2.05) is 4.90 Å². The lowest BCUT2D eigenvalue weighted by atomic mass is 10.2. The summed E-state index contributed by atoms with van der Waals surface area (Å²) in [4.78, 5) is 15.9. The van der Waals surface area contributed by atoms with E-state index < -0.39 is 34.0 Å². The Balaban J connectivity index is 1.49. The van der Waals surface area contributed by atoms with Crippen LogP contribution < -0.4 is 8.61 Å². The van der Waals surface area contributed by atoms with E-state index in [-0.39, 0.29) is 29.7 Å². The summed E-state index contributed by atoms with van der Waals surface area (Å²) in [5, 5.41) is 0. The zero-order chi connectivity index (χ0) is 25.5. The molecule has 192 valence electrons. The molecule has 0 bridgehead atoms. The molecule has 0 aromatic heterocycles. The monoisotopic (exact) mass is 514 g/mol. The van der Waals surface area contributed by atoms with Gasteiger partial charge in [0.25, 0.3) is 0 Å². The third-order valence-electron chi connectivity index (χ3n) is 5.75. The summed E-state index contributed by atoms with van der Waals surface area (Å²) in [6.07, 6.45) is -0.390. The molecule has 12 heteroatoms. The van der Waals surface area contributed by atoms with Gasteiger partial charge in [0.2, 0.25) is 0 Å². The van der Waals surface area contributed by atoms with E-state index in [9.17, 15) is 27.1 Å². The maximum Gasteiger partial charge on any atom is 0.410 e. The van der Waals surface area contributed by atoms with Crippen LogP contribution in [0.3, 0.4) is 0 Å². The SMILES string of the molecule is CC(C)(C)OC(=O)N1CCN(CCN2c3c(F)cccc3N(c3ccc(F)cc3F)S2(O)O)CC1. The van der Waals surface area contributed by atoms with Crippen molar-refractivity contribution in [1.82, 2.24) is 9.80 Å². The van der Waals surface area contributed by atoms with Crippen LogP contribution in [0.5, 0.6) is 0 Å². The highest BCUT2D eigenvalue weighted by Crippen LogP contribution is 2.64. The molecule has 2 N–H and O–H groups in total. The second-order valence-electron chi connectivity index (χ2n) is 9.40. The van der Waals surface area contributed by atoms with Gasteiger partial charge in [-0.25, -0.2) is 26.6 Å². The van der Waals surface area contributed by atoms with Crippen LogP contribution in [0.4, 0.5) is 35.0 Å². The maximum atomic E-state index is 14.9. The van der Waals surface area contributed by atoms with E-state index in [1.165, 1.54) is 18.2 Å². The number of benzene rings is 2. The quantitative estimate of drug-likeness (QED) is 0.581. The van der Waals surface area contributed by atoms with Crippen molar-refractivity contribution in [3.63, 3.8) is 0 Å². The highest BCUT2D eigenvalue weighted by Gasteiger charge is 2.44. The summed E-state index contributed by atoms with van der Waals surface area (Å²) in [7, 11) is -3.89. The Kier molecular flexibility index (Phi) is 6.84. The Morgan fingerprint density at radius 3 is 2.29 bits per heavy atom. The molecule has 1 fully saturated rings. The molecule has 2 heterocycles. The summed E-state index contributed by atoms with van der Waals surface area (Å²) in [6.45, 7) is 7.67. The minimum Gasteiger partial charge on any atom is -0.444 e. The number of amides is 1. The van der Waals surface area contributed by atoms with Crippen LogP contribution >= 0.6 is 11.0 Å². The molecule has 0 spiro atoms. The van der Waals surface area contributed by atoms with Gasteiger partial charge < -0.3 is 9.64 Å². The van der Waals surface area contributed by atoms with Gasteiger partial charge in [0, 0.05) is 38.8 Å². The van der Waals surface area contributed by atoms with Gasteiger partial charge in [0.1, 0.15) is 28.6 Å². The number of ether oxygens (including phenoxy) is 1. The predicted octanol–water partition coefficient (Wildman–Crippen LogP) is 5.20. The number of halogens is 3. The average Bonchev–Trinajstić information content (AvgIpc) is 2.98. The van der Waals surface area contributed by atoms with E-state index >= 15 is 0 Å². The largest absolute Gasteiger partial charge is 0.444 e. The Hall–Kier alpha value is -2.67. The first-order valence-corrected chi connectivity index (χ1v) is 12.6. The number of anilines is 3. The third kappa shape index (κ3) is 5.15. The molecule has 0 saturated carbocycles. The summed E-state index contributed by atoms with van der Waals surface area (Å²) < 4.78 is 72.6. The normalized spacial score (nSPS) is 19.0. The highest BCUT2D eigenvalue weighted by molar-refractivity contribution is 8.27. The molecule has 0 atom stereocenters. The van der Waals surface area contributed by atoms with Crippen LogP contribution in [0.25, 0.3) is 0 Å². The van der Waals surface area contributed by atoms with Gasteiger partial charge in [-0.1, -0.05) is 6.07 Å². The first kappa shape index (κ1) is 25.4. The van der Waals surface area contributed by atoms with Crippen molar-refractivity contribution in [2.45, 2.75) is 26.4 Å². The van der Waals surface area contributed by atoms with Crippen LogP contribution in [0.2, 0.25) is 0 Å². The fourth-order valence-electron chi connectivity index (χ4n) is 4.12. The zero-order valence-electron chi connectivity index (χ0n) is 19.7. The number of rotatable bonds is 4. The van der Waals surface area contributed by atoms with Crippen LogP contribution in [-0.2, 0) is 4.74 Å². The average molecular weight is 515 g/mol. The van der Waals surface area contributed by atoms with Gasteiger partial charge in [-0.05, 0) is 56.0 Å². The Labute approximate surface area is 204 Å². The third-order valence-corrected chi connectivity index (χ3v) is 7.59. The standard InChI is InChI=1S/C23H29F3N4O4S/c1-23(2,3)34-22(31)28-12-9-27(10-13-28)11-14-29-21-17(25)5-4-6-20(21)30(35(29,32)33)19-8-7-16(24)15-18(19)26/h4-8,15,32-33H,9-14H2,1-3H3. The van der Waals surface area contributed by atoms with Crippen molar-refractivity contribution >= 4 is 34.1 Å². The van der Waals surface area contributed by atoms with E-state index in [4.69, 9.17) is 4.74 Å². The van der Waals surface area contributed by atoms with Crippen molar-refractivity contribution in [2.24, 2.45) is 0 Å². The van der Waals surface area contributed by atoms with Gasteiger partial charge >= 0.3 is 6.09 Å². The Morgan fingerprint density at radius 2 is 1.66 bits per heavy atom. The number of nitrogens with zero attached hydrogens (tertiary/aromatic N) is 4. The van der Waals surface area contributed by atoms with Gasteiger partial charge in [0.05, 0.1) is 12.2 Å². The molecule has 0 radical (unpaired) electrons. The minimum absolute atomic E-state index is 0.0298.